The molecule has 0 aliphatic rings. The molecule has 0 aromatic heterocycles. The number of carbonyl (C=O) groups excluding carboxylic acids is 1. The molecule has 0 atom stereocenters. The fourth-order valence-corrected chi connectivity index (χ4v) is 1.62. The molecule has 0 aliphatic heterocycles. The minimum Gasteiger partial charge on any atom is -1.00 e. The van der Waals surface area contributed by atoms with Crippen LogP contribution >= 0.6 is 0 Å². The molecule has 0 spiro atoms. The van der Waals surface area contributed by atoms with E-state index >= 15 is 0 Å². The summed E-state index contributed by atoms with van der Waals surface area (Å²) < 4.78 is 5.08. The van der Waals surface area contributed by atoms with E-state index in [2.05, 4.69) is 0 Å². The largest absolute Gasteiger partial charge is 2.00 e. The van der Waals surface area contributed by atoms with Gasteiger partial charge in [0.25, 0.3) is 0 Å². The van der Waals surface area contributed by atoms with Gasteiger partial charge in [-0.25, -0.2) is 0 Å². The molecule has 0 N–H and O–H groups in total. The summed E-state index contributed by atoms with van der Waals surface area (Å²) in [7, 11) is 0. The number of esters is 1. The van der Waals surface area contributed by atoms with E-state index in [4.69, 9.17) is 4.74 Å². The summed E-state index contributed by atoms with van der Waals surface area (Å²) in [4.78, 5) is 11.0. The molecule has 2 rings (SSSR count). The zero-order valence-corrected chi connectivity index (χ0v) is 12.6. The average Bonchev–Trinajstić information content (AvgIpc) is 2.30. The molecule has 0 saturated carbocycles. The molecular formula is C14H11ClMgO3. The van der Waals surface area contributed by atoms with Crippen LogP contribution in [0, 0.1) is 0 Å². The number of ether oxygens (including phenoxy) is 1. The minimum absolute atomic E-state index is 0. The first-order chi connectivity index (χ1) is 8.18. The van der Waals surface area contributed by atoms with Crippen molar-refractivity contribution < 1.29 is 27.0 Å². The SMILES string of the molecule is CC(=O)Oc1ccccc1-c1ccccc1[O-].[Cl-].[Mg+2]. The van der Waals surface area contributed by atoms with E-state index in [0.29, 0.717) is 16.9 Å². The second kappa shape index (κ2) is 8.04. The van der Waals surface area contributed by atoms with Crippen molar-refractivity contribution in [3.63, 3.8) is 0 Å². The van der Waals surface area contributed by atoms with Crippen molar-refractivity contribution in [3.8, 4) is 22.6 Å². The molecule has 0 heterocycles. The van der Waals surface area contributed by atoms with Gasteiger partial charge < -0.3 is 22.3 Å². The van der Waals surface area contributed by atoms with Gasteiger partial charge in [-0.05, 0) is 11.6 Å². The summed E-state index contributed by atoms with van der Waals surface area (Å²) in [6, 6.07) is 13.6. The first-order valence-corrected chi connectivity index (χ1v) is 5.22. The molecule has 0 saturated heterocycles. The maximum Gasteiger partial charge on any atom is 2.00 e. The van der Waals surface area contributed by atoms with E-state index in [1.165, 1.54) is 13.0 Å². The Balaban J connectivity index is 0.00000162. The Morgan fingerprint density at radius 1 is 1.00 bits per heavy atom. The van der Waals surface area contributed by atoms with Gasteiger partial charge in [-0.2, -0.15) is 0 Å². The van der Waals surface area contributed by atoms with Gasteiger partial charge in [0.1, 0.15) is 5.75 Å². The van der Waals surface area contributed by atoms with Crippen molar-refractivity contribution in [1.29, 1.82) is 0 Å². The van der Waals surface area contributed by atoms with Crippen LogP contribution in [-0.2, 0) is 4.79 Å². The van der Waals surface area contributed by atoms with Crippen molar-refractivity contribution in [2.45, 2.75) is 6.92 Å². The van der Waals surface area contributed by atoms with Crippen molar-refractivity contribution in [1.82, 2.24) is 0 Å². The summed E-state index contributed by atoms with van der Waals surface area (Å²) in [5.74, 6) is -0.0868. The maximum atomic E-state index is 11.7. The van der Waals surface area contributed by atoms with Gasteiger partial charge in [0.2, 0.25) is 0 Å². The Morgan fingerprint density at radius 3 is 2.11 bits per heavy atom. The van der Waals surface area contributed by atoms with E-state index in [0.717, 1.165) is 0 Å². The Kier molecular flexibility index (Phi) is 7.52. The molecule has 0 radical (unpaired) electrons. The predicted octanol–water partition coefficient (Wildman–Crippen LogP) is -1.02. The summed E-state index contributed by atoms with van der Waals surface area (Å²) in [6.07, 6.45) is 0. The number of hydrogen-bond donors (Lipinski definition) is 0. The molecule has 0 amide bonds. The smallest absolute Gasteiger partial charge is 1.00 e. The Bertz CT molecular complexity index is 558. The van der Waals surface area contributed by atoms with E-state index in [-0.39, 0.29) is 41.2 Å². The molecule has 5 heteroatoms. The molecule has 19 heavy (non-hydrogen) atoms. The molecule has 94 valence electrons. The minimum atomic E-state index is -0.402. The molecule has 2 aromatic rings. The number of benzene rings is 2. The molecule has 0 aliphatic carbocycles. The zero-order chi connectivity index (χ0) is 12.3. The van der Waals surface area contributed by atoms with Gasteiger partial charge in [0, 0.05) is 12.5 Å². The summed E-state index contributed by atoms with van der Waals surface area (Å²) >= 11 is 0. The number of carbonyl (C=O) groups is 1. The van der Waals surface area contributed by atoms with Crippen LogP contribution in [0.1, 0.15) is 6.92 Å². The van der Waals surface area contributed by atoms with Crippen LogP contribution in [0.5, 0.6) is 11.5 Å². The van der Waals surface area contributed by atoms with Crippen molar-refractivity contribution in [3.05, 3.63) is 48.5 Å². The topological polar surface area (TPSA) is 49.4 Å². The van der Waals surface area contributed by atoms with Crippen molar-refractivity contribution in [2.75, 3.05) is 0 Å². The molecule has 2 aromatic carbocycles. The normalized spacial score (nSPS) is 8.89. The fraction of sp³-hybridized carbons (Fsp3) is 0.0714. The van der Waals surface area contributed by atoms with E-state index < -0.39 is 5.97 Å². The quantitative estimate of drug-likeness (QED) is 0.403. The van der Waals surface area contributed by atoms with Gasteiger partial charge in [0.15, 0.2) is 0 Å². The van der Waals surface area contributed by atoms with E-state index in [1.54, 1.807) is 42.5 Å². The van der Waals surface area contributed by atoms with Crippen molar-refractivity contribution in [2.24, 2.45) is 0 Å². The molecule has 3 nitrogen and oxygen atoms in total. The van der Waals surface area contributed by atoms with Gasteiger partial charge in [-0.3, -0.25) is 4.79 Å². The standard InChI is InChI=1S/C14H12O3.ClH.Mg/c1-10(15)17-14-9-5-3-7-12(14)11-6-2-4-8-13(11)16;;/h2-9,16H,1H3;1H;/q;;+2/p-2. The second-order valence-electron chi connectivity index (χ2n) is 3.59. The first-order valence-electron chi connectivity index (χ1n) is 5.22. The molecule has 0 bridgehead atoms. The predicted molar refractivity (Wildman–Crippen MR) is 68.4 cm³/mol. The Morgan fingerprint density at radius 2 is 1.53 bits per heavy atom. The van der Waals surface area contributed by atoms with Crippen LogP contribution in [0.2, 0.25) is 0 Å². The fourth-order valence-electron chi connectivity index (χ4n) is 1.62. The summed E-state index contributed by atoms with van der Waals surface area (Å²) in [6.45, 7) is 1.33. The van der Waals surface area contributed by atoms with Crippen LogP contribution in [0.25, 0.3) is 11.1 Å². The third kappa shape index (κ3) is 4.42. The third-order valence-electron chi connectivity index (χ3n) is 2.32. The summed E-state index contributed by atoms with van der Waals surface area (Å²) in [5.41, 5.74) is 1.16. The molecule has 0 unspecified atom stereocenters. The van der Waals surface area contributed by atoms with Gasteiger partial charge in [-0.15, -0.1) is 5.75 Å². The Hall–Kier alpha value is -1.23. The first kappa shape index (κ1) is 17.8. The van der Waals surface area contributed by atoms with Gasteiger partial charge in [-0.1, -0.05) is 42.5 Å². The van der Waals surface area contributed by atoms with Crippen molar-refractivity contribution >= 4 is 29.0 Å². The number of hydrogen-bond acceptors (Lipinski definition) is 3. The van der Waals surface area contributed by atoms with E-state index in [1.807, 2.05) is 0 Å². The monoisotopic (exact) mass is 286 g/mol. The van der Waals surface area contributed by atoms with Crippen LogP contribution in [-0.4, -0.2) is 29.0 Å². The molecule has 0 fully saturated rings. The third-order valence-corrected chi connectivity index (χ3v) is 2.32. The van der Waals surface area contributed by atoms with Crippen LogP contribution in [0.4, 0.5) is 0 Å². The Labute approximate surface area is 134 Å². The van der Waals surface area contributed by atoms with Gasteiger partial charge in [0.05, 0.1) is 0 Å². The van der Waals surface area contributed by atoms with E-state index in [9.17, 15) is 9.90 Å². The number of rotatable bonds is 2. The number of halogens is 1. The summed E-state index contributed by atoms with van der Waals surface area (Å²) in [5, 5.41) is 11.7. The average molecular weight is 287 g/mol. The zero-order valence-electron chi connectivity index (χ0n) is 10.4. The van der Waals surface area contributed by atoms with Crippen LogP contribution < -0.4 is 22.3 Å². The molecular weight excluding hydrogens is 276 g/mol. The number of para-hydroxylation sites is 2. The van der Waals surface area contributed by atoms with Gasteiger partial charge >= 0.3 is 29.0 Å². The maximum absolute atomic E-state index is 11.7. The van der Waals surface area contributed by atoms with Crippen LogP contribution in [0.3, 0.4) is 0 Å². The second-order valence-corrected chi connectivity index (χ2v) is 3.59. The van der Waals surface area contributed by atoms with Crippen LogP contribution in [0.15, 0.2) is 48.5 Å².